The Bertz CT molecular complexity index is 398. The first-order valence-corrected chi connectivity index (χ1v) is 7.74. The van der Waals surface area contributed by atoms with E-state index in [-0.39, 0.29) is 5.78 Å². The molecule has 0 saturated carbocycles. The number of ketones is 1. The number of thiophene rings is 1. The Kier molecular flexibility index (Phi) is 3.77. The van der Waals surface area contributed by atoms with E-state index in [0.29, 0.717) is 12.6 Å². The van der Waals surface area contributed by atoms with Gasteiger partial charge in [0.1, 0.15) is 0 Å². The lowest BCUT2D eigenvalue weighted by molar-refractivity contribution is 0.0944. The zero-order valence-electron chi connectivity index (χ0n) is 10.7. The molecule has 0 N–H and O–H groups in total. The number of likely N-dealkylation sites (tertiary alicyclic amines) is 2. The van der Waals surface area contributed by atoms with Crippen LogP contribution in [0.2, 0.25) is 0 Å². The van der Waals surface area contributed by atoms with Crippen LogP contribution >= 0.6 is 11.3 Å². The van der Waals surface area contributed by atoms with Crippen LogP contribution in [0.1, 0.15) is 28.9 Å². The van der Waals surface area contributed by atoms with Crippen molar-refractivity contribution in [2.24, 2.45) is 0 Å². The molecule has 1 atom stereocenters. The molecule has 18 heavy (non-hydrogen) atoms. The van der Waals surface area contributed by atoms with E-state index in [1.165, 1.54) is 32.4 Å². The highest BCUT2D eigenvalue weighted by atomic mass is 32.1. The second kappa shape index (κ2) is 5.51. The molecule has 2 aliphatic rings. The molecule has 4 heteroatoms. The summed E-state index contributed by atoms with van der Waals surface area (Å²) in [5, 5.41) is 1.98. The molecule has 1 aromatic rings. The molecule has 3 nitrogen and oxygen atoms in total. The van der Waals surface area contributed by atoms with Crippen LogP contribution in [-0.2, 0) is 0 Å². The van der Waals surface area contributed by atoms with Gasteiger partial charge in [-0.2, -0.15) is 0 Å². The minimum absolute atomic E-state index is 0.284. The fraction of sp³-hybridized carbons (Fsp3) is 0.643. The van der Waals surface area contributed by atoms with Gasteiger partial charge in [0, 0.05) is 19.1 Å². The lowest BCUT2D eigenvalue weighted by Gasteiger charge is -2.23. The van der Waals surface area contributed by atoms with Crippen LogP contribution in [0, 0.1) is 0 Å². The summed E-state index contributed by atoms with van der Waals surface area (Å²) in [6, 6.07) is 4.58. The number of hydrogen-bond donors (Lipinski definition) is 0. The Morgan fingerprint density at radius 2 is 2.17 bits per heavy atom. The zero-order chi connectivity index (χ0) is 12.4. The van der Waals surface area contributed by atoms with Crippen LogP contribution in [0.4, 0.5) is 0 Å². The van der Waals surface area contributed by atoms with Crippen molar-refractivity contribution in [1.82, 2.24) is 9.80 Å². The molecule has 0 aromatic carbocycles. The van der Waals surface area contributed by atoms with E-state index < -0.39 is 0 Å². The maximum Gasteiger partial charge on any atom is 0.186 e. The minimum atomic E-state index is 0.284. The summed E-state index contributed by atoms with van der Waals surface area (Å²) < 4.78 is 0. The minimum Gasteiger partial charge on any atom is -0.299 e. The van der Waals surface area contributed by atoms with Gasteiger partial charge in [0.25, 0.3) is 0 Å². The third-order valence-corrected chi connectivity index (χ3v) is 4.98. The third kappa shape index (κ3) is 2.66. The maximum absolute atomic E-state index is 12.0. The number of carbonyl (C=O) groups excluding carboxylic acids is 1. The monoisotopic (exact) mass is 264 g/mol. The average Bonchev–Trinajstić information content (AvgIpc) is 3.12. The standard InChI is InChI=1S/C14H20N2OS/c17-13(14-4-3-9-18-14)11-15-8-5-12(10-15)16-6-1-2-7-16/h3-4,9,12H,1-2,5-8,10-11H2. The molecule has 0 bridgehead atoms. The summed E-state index contributed by atoms with van der Waals surface area (Å²) in [6.07, 6.45) is 3.94. The highest BCUT2D eigenvalue weighted by Gasteiger charge is 2.30. The molecule has 0 amide bonds. The summed E-state index contributed by atoms with van der Waals surface area (Å²) in [4.78, 5) is 17.9. The second-order valence-corrected chi connectivity index (χ2v) is 6.27. The van der Waals surface area contributed by atoms with Crippen molar-refractivity contribution in [2.75, 3.05) is 32.7 Å². The largest absolute Gasteiger partial charge is 0.299 e. The molecule has 0 radical (unpaired) electrons. The molecular formula is C14H20N2OS. The van der Waals surface area contributed by atoms with E-state index in [1.54, 1.807) is 11.3 Å². The first-order valence-electron chi connectivity index (χ1n) is 6.86. The number of carbonyl (C=O) groups is 1. The van der Waals surface area contributed by atoms with Gasteiger partial charge in [0.05, 0.1) is 11.4 Å². The first kappa shape index (κ1) is 12.3. The topological polar surface area (TPSA) is 23.6 Å². The van der Waals surface area contributed by atoms with Crippen molar-refractivity contribution >= 4 is 17.1 Å². The zero-order valence-corrected chi connectivity index (χ0v) is 11.5. The van der Waals surface area contributed by atoms with Crippen LogP contribution < -0.4 is 0 Å². The first-order chi connectivity index (χ1) is 8.83. The van der Waals surface area contributed by atoms with Crippen molar-refractivity contribution in [3.8, 4) is 0 Å². The summed E-state index contributed by atoms with van der Waals surface area (Å²) in [5.41, 5.74) is 0. The van der Waals surface area contributed by atoms with Crippen LogP contribution in [0.5, 0.6) is 0 Å². The molecule has 98 valence electrons. The van der Waals surface area contributed by atoms with Gasteiger partial charge in [-0.05, 0) is 43.8 Å². The molecule has 2 aliphatic heterocycles. The highest BCUT2D eigenvalue weighted by Crippen LogP contribution is 2.21. The lowest BCUT2D eigenvalue weighted by atomic mass is 10.2. The van der Waals surface area contributed by atoms with E-state index in [1.807, 2.05) is 17.5 Å². The fourth-order valence-electron chi connectivity index (χ4n) is 3.08. The molecular weight excluding hydrogens is 244 g/mol. The molecule has 0 spiro atoms. The Labute approximate surface area is 112 Å². The van der Waals surface area contributed by atoms with Crippen LogP contribution in [-0.4, -0.2) is 54.3 Å². The van der Waals surface area contributed by atoms with E-state index in [4.69, 9.17) is 0 Å². The Hall–Kier alpha value is -0.710. The smallest absolute Gasteiger partial charge is 0.186 e. The van der Waals surface area contributed by atoms with Crippen molar-refractivity contribution in [3.63, 3.8) is 0 Å². The predicted molar refractivity (Wildman–Crippen MR) is 74.3 cm³/mol. The quantitative estimate of drug-likeness (QED) is 0.778. The molecule has 0 aliphatic carbocycles. The summed E-state index contributed by atoms with van der Waals surface area (Å²) in [7, 11) is 0. The van der Waals surface area contributed by atoms with Gasteiger partial charge in [-0.25, -0.2) is 0 Å². The van der Waals surface area contributed by atoms with Crippen molar-refractivity contribution in [1.29, 1.82) is 0 Å². The molecule has 3 rings (SSSR count). The Morgan fingerprint density at radius 3 is 2.89 bits per heavy atom. The van der Waals surface area contributed by atoms with Gasteiger partial charge >= 0.3 is 0 Å². The molecule has 2 saturated heterocycles. The second-order valence-electron chi connectivity index (χ2n) is 5.32. The number of nitrogens with zero attached hydrogens (tertiary/aromatic N) is 2. The molecule has 3 heterocycles. The van der Waals surface area contributed by atoms with Crippen LogP contribution in [0.15, 0.2) is 17.5 Å². The Balaban J connectivity index is 1.51. The molecule has 2 fully saturated rings. The van der Waals surface area contributed by atoms with Crippen LogP contribution in [0.25, 0.3) is 0 Å². The van der Waals surface area contributed by atoms with Crippen molar-refractivity contribution < 1.29 is 4.79 Å². The fourth-order valence-corrected chi connectivity index (χ4v) is 3.74. The molecule has 1 unspecified atom stereocenters. The third-order valence-electron chi connectivity index (χ3n) is 4.07. The van der Waals surface area contributed by atoms with E-state index in [0.717, 1.165) is 18.0 Å². The lowest BCUT2D eigenvalue weighted by Crippen LogP contribution is -2.36. The maximum atomic E-state index is 12.0. The predicted octanol–water partition coefficient (Wildman–Crippen LogP) is 2.10. The van der Waals surface area contributed by atoms with E-state index >= 15 is 0 Å². The van der Waals surface area contributed by atoms with E-state index in [9.17, 15) is 4.79 Å². The SMILES string of the molecule is O=C(CN1CCC(N2CCCC2)C1)c1cccs1. The van der Waals surface area contributed by atoms with Gasteiger partial charge < -0.3 is 0 Å². The summed E-state index contributed by atoms with van der Waals surface area (Å²) in [6.45, 7) is 5.29. The highest BCUT2D eigenvalue weighted by molar-refractivity contribution is 7.12. The van der Waals surface area contributed by atoms with Crippen molar-refractivity contribution in [3.05, 3.63) is 22.4 Å². The molecule has 1 aromatic heterocycles. The Morgan fingerprint density at radius 1 is 1.33 bits per heavy atom. The van der Waals surface area contributed by atoms with Crippen molar-refractivity contribution in [2.45, 2.75) is 25.3 Å². The summed E-state index contributed by atoms with van der Waals surface area (Å²) >= 11 is 1.55. The summed E-state index contributed by atoms with van der Waals surface area (Å²) in [5.74, 6) is 0.284. The average molecular weight is 264 g/mol. The van der Waals surface area contributed by atoms with Gasteiger partial charge in [-0.15, -0.1) is 11.3 Å². The number of hydrogen-bond acceptors (Lipinski definition) is 4. The van der Waals surface area contributed by atoms with Crippen LogP contribution in [0.3, 0.4) is 0 Å². The van der Waals surface area contributed by atoms with E-state index in [2.05, 4.69) is 9.80 Å². The van der Waals surface area contributed by atoms with Gasteiger partial charge in [0.15, 0.2) is 5.78 Å². The van der Waals surface area contributed by atoms with Gasteiger partial charge in [0.2, 0.25) is 0 Å². The van der Waals surface area contributed by atoms with Gasteiger partial charge in [-0.1, -0.05) is 6.07 Å². The number of Topliss-reactive ketones (excluding diaryl/α,β-unsaturated/α-hetero) is 1. The van der Waals surface area contributed by atoms with Gasteiger partial charge in [-0.3, -0.25) is 14.6 Å². The number of rotatable bonds is 4. The normalized spacial score (nSPS) is 25.9.